The van der Waals surface area contributed by atoms with Crippen LogP contribution in [0.1, 0.15) is 50.4 Å². The molecule has 0 saturated heterocycles. The molecule has 2 aromatic heterocycles. The number of nitrogens with zero attached hydrogens (tertiary/aromatic N) is 3. The van der Waals surface area contributed by atoms with E-state index in [9.17, 15) is 5.11 Å². The Morgan fingerprint density at radius 3 is 2.91 bits per heavy atom. The second-order valence-corrected chi connectivity index (χ2v) is 6.30. The van der Waals surface area contributed by atoms with Crippen LogP contribution in [0.15, 0.2) is 12.3 Å². The lowest BCUT2D eigenvalue weighted by Crippen LogP contribution is -2.35. The van der Waals surface area contributed by atoms with Gasteiger partial charge < -0.3 is 15.2 Å². The van der Waals surface area contributed by atoms with Gasteiger partial charge >= 0.3 is 0 Å². The first-order valence-corrected chi connectivity index (χ1v) is 7.93. The van der Waals surface area contributed by atoms with Gasteiger partial charge in [0.05, 0.1) is 13.2 Å². The van der Waals surface area contributed by atoms with Crippen LogP contribution < -0.4 is 10.1 Å². The normalized spacial score (nSPS) is 21.9. The van der Waals surface area contributed by atoms with Crippen molar-refractivity contribution in [2.24, 2.45) is 0 Å². The van der Waals surface area contributed by atoms with E-state index in [1.54, 1.807) is 11.6 Å². The summed E-state index contributed by atoms with van der Waals surface area (Å²) in [4.78, 5) is 4.54. The fourth-order valence-electron chi connectivity index (χ4n) is 2.94. The average Bonchev–Trinajstić information content (AvgIpc) is 3.10. The number of hydrogen-bond donors (Lipinski definition) is 2. The molecule has 2 N–H and O–H groups in total. The molecule has 6 nitrogen and oxygen atoms in total. The maximum absolute atomic E-state index is 9.89. The van der Waals surface area contributed by atoms with Gasteiger partial charge in [0.15, 0.2) is 17.2 Å². The van der Waals surface area contributed by atoms with Crippen LogP contribution in [-0.4, -0.2) is 39.0 Å². The van der Waals surface area contributed by atoms with Gasteiger partial charge in [0.2, 0.25) is 0 Å². The molecule has 0 amide bonds. The second-order valence-electron chi connectivity index (χ2n) is 6.30. The van der Waals surface area contributed by atoms with E-state index in [1.807, 2.05) is 12.3 Å². The Morgan fingerprint density at radius 2 is 2.27 bits per heavy atom. The van der Waals surface area contributed by atoms with Crippen LogP contribution in [0, 0.1) is 0 Å². The van der Waals surface area contributed by atoms with Gasteiger partial charge in [0, 0.05) is 24.7 Å². The number of ether oxygens (including phenoxy) is 1. The molecule has 1 fully saturated rings. The quantitative estimate of drug-likeness (QED) is 0.882. The Kier molecular flexibility index (Phi) is 4.31. The third-order valence-corrected chi connectivity index (χ3v) is 4.26. The van der Waals surface area contributed by atoms with E-state index in [-0.39, 0.29) is 18.1 Å². The van der Waals surface area contributed by atoms with E-state index in [2.05, 4.69) is 29.2 Å². The van der Waals surface area contributed by atoms with Crippen molar-refractivity contribution in [1.82, 2.24) is 19.9 Å². The highest BCUT2D eigenvalue weighted by atomic mass is 16.5. The molecule has 120 valence electrons. The van der Waals surface area contributed by atoms with Crippen LogP contribution >= 0.6 is 0 Å². The van der Waals surface area contributed by atoms with Gasteiger partial charge in [-0.1, -0.05) is 13.8 Å². The first-order valence-electron chi connectivity index (χ1n) is 7.93. The van der Waals surface area contributed by atoms with Crippen molar-refractivity contribution in [1.29, 1.82) is 0 Å². The topological polar surface area (TPSA) is 71.7 Å². The zero-order chi connectivity index (χ0) is 15.7. The fraction of sp³-hybridized carbons (Fsp3) is 0.625. The fourth-order valence-corrected chi connectivity index (χ4v) is 2.94. The SMILES string of the molecule is COc1cc(CN[C@H]2CCC[C@H]2O)cn2nc(C(C)C)nc12. The molecule has 0 aliphatic heterocycles. The number of methoxy groups -OCH3 is 1. The Labute approximate surface area is 130 Å². The van der Waals surface area contributed by atoms with Crippen LogP contribution in [0.25, 0.3) is 5.65 Å². The zero-order valence-corrected chi connectivity index (χ0v) is 13.4. The highest BCUT2D eigenvalue weighted by Gasteiger charge is 2.24. The number of aliphatic hydroxyl groups is 1. The van der Waals surface area contributed by atoms with Gasteiger partial charge in [-0.3, -0.25) is 0 Å². The molecule has 1 saturated carbocycles. The summed E-state index contributed by atoms with van der Waals surface area (Å²) in [7, 11) is 1.65. The van der Waals surface area contributed by atoms with E-state index in [1.165, 1.54) is 0 Å². The molecule has 0 aromatic carbocycles. The van der Waals surface area contributed by atoms with Crippen molar-refractivity contribution in [2.45, 2.75) is 57.7 Å². The van der Waals surface area contributed by atoms with E-state index in [0.29, 0.717) is 6.54 Å². The summed E-state index contributed by atoms with van der Waals surface area (Å²) in [6.45, 7) is 4.83. The van der Waals surface area contributed by atoms with Gasteiger partial charge in [-0.05, 0) is 30.9 Å². The Bertz CT molecular complexity index is 653. The smallest absolute Gasteiger partial charge is 0.198 e. The van der Waals surface area contributed by atoms with Gasteiger partial charge in [-0.2, -0.15) is 5.10 Å². The van der Waals surface area contributed by atoms with Crippen LogP contribution in [0.3, 0.4) is 0 Å². The van der Waals surface area contributed by atoms with E-state index in [4.69, 9.17) is 4.74 Å². The first kappa shape index (κ1) is 15.2. The number of nitrogens with one attached hydrogen (secondary N) is 1. The molecule has 1 aliphatic carbocycles. The molecule has 0 radical (unpaired) electrons. The Balaban J connectivity index is 1.83. The van der Waals surface area contributed by atoms with Crippen LogP contribution in [0.5, 0.6) is 5.75 Å². The summed E-state index contributed by atoms with van der Waals surface area (Å²) in [5.41, 5.74) is 1.82. The lowest BCUT2D eigenvalue weighted by molar-refractivity contribution is 0.148. The third kappa shape index (κ3) is 2.94. The number of rotatable bonds is 5. The molecule has 22 heavy (non-hydrogen) atoms. The Hall–Kier alpha value is -1.66. The number of pyridine rings is 1. The molecule has 0 bridgehead atoms. The Morgan fingerprint density at radius 1 is 1.45 bits per heavy atom. The summed E-state index contributed by atoms with van der Waals surface area (Å²) in [6, 6.07) is 2.17. The molecule has 2 aromatic rings. The molecule has 6 heteroatoms. The number of aromatic nitrogens is 3. The lowest BCUT2D eigenvalue weighted by atomic mass is 10.2. The molecule has 2 heterocycles. The van der Waals surface area contributed by atoms with Gasteiger partial charge in [0.25, 0.3) is 0 Å². The maximum atomic E-state index is 9.89. The van der Waals surface area contributed by atoms with Crippen molar-refractivity contribution in [2.75, 3.05) is 7.11 Å². The zero-order valence-electron chi connectivity index (χ0n) is 13.4. The second kappa shape index (κ2) is 6.22. The summed E-state index contributed by atoms with van der Waals surface area (Å²) >= 11 is 0. The molecule has 0 spiro atoms. The maximum Gasteiger partial charge on any atom is 0.198 e. The largest absolute Gasteiger partial charge is 0.493 e. The molecule has 3 rings (SSSR count). The van der Waals surface area contributed by atoms with E-state index >= 15 is 0 Å². The predicted octanol–water partition coefficient (Wildman–Crippen LogP) is 1.86. The summed E-state index contributed by atoms with van der Waals surface area (Å²) in [6.07, 6.45) is 4.75. The van der Waals surface area contributed by atoms with Gasteiger partial charge in [-0.15, -0.1) is 0 Å². The van der Waals surface area contributed by atoms with Gasteiger partial charge in [-0.25, -0.2) is 9.50 Å². The molecular weight excluding hydrogens is 280 g/mol. The first-order chi connectivity index (χ1) is 10.6. The highest BCUT2D eigenvalue weighted by Crippen LogP contribution is 2.23. The van der Waals surface area contributed by atoms with E-state index < -0.39 is 0 Å². The van der Waals surface area contributed by atoms with E-state index in [0.717, 1.165) is 42.0 Å². The molecule has 0 unspecified atom stereocenters. The lowest BCUT2D eigenvalue weighted by Gasteiger charge is -2.16. The predicted molar refractivity (Wildman–Crippen MR) is 84.1 cm³/mol. The van der Waals surface area contributed by atoms with Crippen LogP contribution in [-0.2, 0) is 6.54 Å². The van der Waals surface area contributed by atoms with Crippen molar-refractivity contribution in [3.8, 4) is 5.75 Å². The summed E-state index contributed by atoms with van der Waals surface area (Å²) in [5.74, 6) is 1.82. The summed E-state index contributed by atoms with van der Waals surface area (Å²) in [5, 5.41) is 17.8. The van der Waals surface area contributed by atoms with Crippen molar-refractivity contribution in [3.63, 3.8) is 0 Å². The number of fused-ring (bicyclic) bond motifs is 1. The van der Waals surface area contributed by atoms with Crippen molar-refractivity contribution >= 4 is 5.65 Å². The highest BCUT2D eigenvalue weighted by molar-refractivity contribution is 5.54. The molecule has 1 aliphatic rings. The molecule has 2 atom stereocenters. The third-order valence-electron chi connectivity index (χ3n) is 4.26. The summed E-state index contributed by atoms with van der Waals surface area (Å²) < 4.78 is 7.24. The average molecular weight is 304 g/mol. The monoisotopic (exact) mass is 304 g/mol. The minimum absolute atomic E-state index is 0.184. The minimum atomic E-state index is -0.232. The standard InChI is InChI=1S/C16H24N4O2/c1-10(2)15-18-16-14(22-3)7-11(9-20(16)19-15)8-17-12-5-4-6-13(12)21/h7,9-10,12-13,17,21H,4-6,8H2,1-3H3/t12-,13+/m0/s1. The minimum Gasteiger partial charge on any atom is -0.493 e. The number of hydrogen-bond acceptors (Lipinski definition) is 5. The van der Waals surface area contributed by atoms with Crippen LogP contribution in [0.4, 0.5) is 0 Å². The van der Waals surface area contributed by atoms with Crippen molar-refractivity contribution < 1.29 is 9.84 Å². The van der Waals surface area contributed by atoms with Gasteiger partial charge in [0.1, 0.15) is 0 Å². The van der Waals surface area contributed by atoms with Crippen LogP contribution in [0.2, 0.25) is 0 Å². The number of aliphatic hydroxyl groups excluding tert-OH is 1. The van der Waals surface area contributed by atoms with Crippen molar-refractivity contribution in [3.05, 3.63) is 23.7 Å². The molecular formula is C16H24N4O2.